The first kappa shape index (κ1) is 21.9. The van der Waals surface area contributed by atoms with Gasteiger partial charge in [-0.1, -0.05) is 36.9 Å². The highest BCUT2D eigenvalue weighted by atomic mass is 32.1. The van der Waals surface area contributed by atoms with Gasteiger partial charge in [-0.05, 0) is 37.1 Å². The maximum absolute atomic E-state index is 7.79. The molecule has 6 nitrogen and oxygen atoms in total. The number of anilines is 1. The third-order valence-corrected chi connectivity index (χ3v) is 6.80. The molecular formula is C25H27N5OS. The van der Waals surface area contributed by atoms with E-state index >= 15 is 0 Å². The minimum atomic E-state index is 0.631. The molecule has 1 aliphatic heterocycles. The molecule has 0 radical (unpaired) electrons. The number of fused-ring (bicyclic) bond motifs is 1. The molecule has 0 amide bonds. The van der Waals surface area contributed by atoms with Gasteiger partial charge in [0.05, 0.1) is 23.4 Å². The third-order valence-electron chi connectivity index (χ3n) is 5.54. The minimum Gasteiger partial charge on any atom is -0.399 e. The van der Waals surface area contributed by atoms with E-state index in [-0.39, 0.29) is 0 Å². The predicted molar refractivity (Wildman–Crippen MR) is 135 cm³/mol. The van der Waals surface area contributed by atoms with Crippen LogP contribution in [0.2, 0.25) is 0 Å². The van der Waals surface area contributed by atoms with Crippen molar-refractivity contribution in [3.05, 3.63) is 70.8 Å². The van der Waals surface area contributed by atoms with E-state index in [1.165, 1.54) is 6.21 Å². The molecule has 164 valence electrons. The molecule has 1 aliphatic rings. The first-order valence-electron chi connectivity index (χ1n) is 10.5. The second-order valence-electron chi connectivity index (χ2n) is 7.70. The molecule has 0 atom stereocenters. The predicted octanol–water partition coefficient (Wildman–Crippen LogP) is 5.01. The molecule has 3 heterocycles. The number of hydrogen-bond donors (Lipinski definition) is 2. The average Bonchev–Trinajstić information content (AvgIpc) is 3.27. The maximum atomic E-state index is 7.79. The largest absolute Gasteiger partial charge is 0.399 e. The van der Waals surface area contributed by atoms with Crippen LogP contribution in [0.25, 0.3) is 27.2 Å². The number of allylic oxidation sites excluding steroid dienone is 4. The zero-order chi connectivity index (χ0) is 22.7. The maximum Gasteiger partial charge on any atom is 0.162 e. The van der Waals surface area contributed by atoms with Gasteiger partial charge in [0.2, 0.25) is 0 Å². The van der Waals surface area contributed by atoms with E-state index in [4.69, 9.17) is 25.8 Å². The molecule has 32 heavy (non-hydrogen) atoms. The van der Waals surface area contributed by atoms with E-state index in [9.17, 15) is 0 Å². The van der Waals surface area contributed by atoms with Crippen molar-refractivity contribution in [1.29, 1.82) is 5.41 Å². The van der Waals surface area contributed by atoms with Crippen molar-refractivity contribution in [3.63, 3.8) is 0 Å². The van der Waals surface area contributed by atoms with E-state index in [0.29, 0.717) is 24.7 Å². The van der Waals surface area contributed by atoms with Crippen LogP contribution in [0.5, 0.6) is 0 Å². The van der Waals surface area contributed by atoms with E-state index < -0.39 is 0 Å². The second-order valence-corrected chi connectivity index (χ2v) is 8.75. The fraction of sp³-hybridized carbons (Fsp3) is 0.240. The highest BCUT2D eigenvalue weighted by Crippen LogP contribution is 2.37. The van der Waals surface area contributed by atoms with Crippen LogP contribution in [0.1, 0.15) is 24.3 Å². The molecule has 1 fully saturated rings. The summed E-state index contributed by atoms with van der Waals surface area (Å²) in [6.45, 7) is 10.7. The van der Waals surface area contributed by atoms with Crippen LogP contribution < -0.4 is 10.6 Å². The highest BCUT2D eigenvalue weighted by Gasteiger charge is 2.21. The lowest BCUT2D eigenvalue weighted by Crippen LogP contribution is -2.36. The number of nitrogens with zero attached hydrogens (tertiary/aromatic N) is 3. The summed E-state index contributed by atoms with van der Waals surface area (Å²) in [6, 6.07) is 9.85. The van der Waals surface area contributed by atoms with Crippen molar-refractivity contribution in [2.45, 2.75) is 13.8 Å². The van der Waals surface area contributed by atoms with E-state index in [2.05, 4.69) is 24.5 Å². The Morgan fingerprint density at radius 3 is 2.69 bits per heavy atom. The molecule has 1 aromatic carbocycles. The number of ether oxygens (including phenoxy) is 1. The van der Waals surface area contributed by atoms with Gasteiger partial charge in [-0.15, -0.1) is 11.3 Å². The molecule has 0 unspecified atom stereocenters. The van der Waals surface area contributed by atoms with Crippen molar-refractivity contribution in [2.24, 2.45) is 5.73 Å². The van der Waals surface area contributed by atoms with Gasteiger partial charge >= 0.3 is 0 Å². The molecule has 3 N–H and O–H groups in total. The lowest BCUT2D eigenvalue weighted by molar-refractivity contribution is 0.122. The standard InChI is InChI=1S/C25H27N5OS/c1-4-16(2)20(27)13-17(3)22-14-21-23(32-22)25(30-9-11-31-12-10-30)29-24(28-21)19-8-6-5-7-18(19)15-26/h4-8,13-15,26H,1,9-12,27H2,2-3H3/b17-13+,20-16+,26-15?. The Balaban J connectivity index is 1.89. The van der Waals surface area contributed by atoms with Gasteiger partial charge in [-0.2, -0.15) is 0 Å². The van der Waals surface area contributed by atoms with Crippen molar-refractivity contribution in [2.75, 3.05) is 31.2 Å². The number of hydrogen-bond acceptors (Lipinski definition) is 7. The topological polar surface area (TPSA) is 88.1 Å². The summed E-state index contributed by atoms with van der Waals surface area (Å²) in [4.78, 5) is 13.2. The Hall–Kier alpha value is -3.29. The lowest BCUT2D eigenvalue weighted by Gasteiger charge is -2.28. The number of thiophene rings is 1. The number of morpholine rings is 1. The SMILES string of the molecule is C=C/C(C)=C(N)\C=C(/C)c1cc2nc(-c3ccccc3C=N)nc(N3CCOCC3)c2s1. The minimum absolute atomic E-state index is 0.631. The normalized spacial score (nSPS) is 15.6. The van der Waals surface area contributed by atoms with Crippen LogP contribution in [-0.2, 0) is 4.74 Å². The van der Waals surface area contributed by atoms with Crippen molar-refractivity contribution in [1.82, 2.24) is 9.97 Å². The average molecular weight is 446 g/mol. The number of rotatable bonds is 6. The number of benzene rings is 1. The Kier molecular flexibility index (Phi) is 6.48. The van der Waals surface area contributed by atoms with E-state index in [1.54, 1.807) is 17.4 Å². The Morgan fingerprint density at radius 1 is 1.22 bits per heavy atom. The number of nitrogens with two attached hydrogens (primary N) is 1. The van der Waals surface area contributed by atoms with Gasteiger partial charge in [0.25, 0.3) is 0 Å². The molecule has 3 aromatic rings. The van der Waals surface area contributed by atoms with Gasteiger partial charge in [-0.25, -0.2) is 9.97 Å². The molecule has 4 rings (SSSR count). The first-order valence-corrected chi connectivity index (χ1v) is 11.3. The summed E-state index contributed by atoms with van der Waals surface area (Å²) in [7, 11) is 0. The van der Waals surface area contributed by atoms with Crippen molar-refractivity contribution < 1.29 is 4.74 Å². The highest BCUT2D eigenvalue weighted by molar-refractivity contribution is 7.20. The Labute approximate surface area is 192 Å². The first-order chi connectivity index (χ1) is 15.5. The van der Waals surface area contributed by atoms with E-state index in [1.807, 2.05) is 37.3 Å². The number of aromatic nitrogens is 2. The van der Waals surface area contributed by atoms with Crippen LogP contribution >= 0.6 is 11.3 Å². The van der Waals surface area contributed by atoms with E-state index in [0.717, 1.165) is 56.3 Å². The molecule has 0 saturated carbocycles. The third kappa shape index (κ3) is 4.35. The zero-order valence-corrected chi connectivity index (χ0v) is 19.2. The smallest absolute Gasteiger partial charge is 0.162 e. The monoisotopic (exact) mass is 445 g/mol. The summed E-state index contributed by atoms with van der Waals surface area (Å²) >= 11 is 1.68. The summed E-state index contributed by atoms with van der Waals surface area (Å²) in [5.74, 6) is 1.55. The molecule has 7 heteroatoms. The summed E-state index contributed by atoms with van der Waals surface area (Å²) in [6.07, 6.45) is 5.09. The molecule has 0 spiro atoms. The second kappa shape index (κ2) is 9.46. The van der Waals surface area contributed by atoms with Gasteiger partial charge in [0.1, 0.15) is 0 Å². The van der Waals surface area contributed by atoms with Crippen LogP contribution in [-0.4, -0.2) is 42.5 Å². The molecule has 0 bridgehead atoms. The van der Waals surface area contributed by atoms with Crippen LogP contribution in [0, 0.1) is 5.41 Å². The zero-order valence-electron chi connectivity index (χ0n) is 18.4. The molecule has 0 aliphatic carbocycles. The Morgan fingerprint density at radius 2 is 1.97 bits per heavy atom. The fourth-order valence-electron chi connectivity index (χ4n) is 3.58. The van der Waals surface area contributed by atoms with Gasteiger partial charge < -0.3 is 20.8 Å². The summed E-state index contributed by atoms with van der Waals surface area (Å²) in [5.41, 5.74) is 11.5. The van der Waals surface area contributed by atoms with Gasteiger partial charge in [0, 0.05) is 41.0 Å². The van der Waals surface area contributed by atoms with Crippen LogP contribution in [0.15, 0.2) is 60.3 Å². The molecular weight excluding hydrogens is 418 g/mol. The van der Waals surface area contributed by atoms with Crippen LogP contribution in [0.4, 0.5) is 5.82 Å². The quantitative estimate of drug-likeness (QED) is 0.411. The van der Waals surface area contributed by atoms with Gasteiger partial charge in [0.15, 0.2) is 11.6 Å². The summed E-state index contributed by atoms with van der Waals surface area (Å²) < 4.78 is 6.61. The van der Waals surface area contributed by atoms with Crippen LogP contribution in [0.3, 0.4) is 0 Å². The summed E-state index contributed by atoms with van der Waals surface area (Å²) in [5, 5.41) is 7.79. The van der Waals surface area contributed by atoms with Crippen molar-refractivity contribution in [3.8, 4) is 11.4 Å². The van der Waals surface area contributed by atoms with Crippen molar-refractivity contribution >= 4 is 39.2 Å². The Bertz CT molecular complexity index is 1230. The molecule has 2 aromatic heterocycles. The molecule has 1 saturated heterocycles. The lowest BCUT2D eigenvalue weighted by atomic mass is 10.1. The van der Waals surface area contributed by atoms with Gasteiger partial charge in [-0.3, -0.25) is 0 Å². The number of nitrogens with one attached hydrogen (secondary N) is 1. The fourth-order valence-corrected chi connectivity index (χ4v) is 4.67.